The molecule has 1 saturated heterocycles. The standard InChI is InChI=1S/C15H19N3O2/c1-9-5-6-12-11(8-9)14(18-17-12)15(19)16-10(2)13-4-3-7-20-13/h5-6,8,10,13H,3-4,7H2,1-2H3,(H,16,19)(H,17,18). The fourth-order valence-corrected chi connectivity index (χ4v) is 2.67. The second-order valence-corrected chi connectivity index (χ2v) is 5.43. The van der Waals surface area contributed by atoms with Crippen molar-refractivity contribution in [3.8, 4) is 0 Å². The van der Waals surface area contributed by atoms with Crippen molar-refractivity contribution in [1.82, 2.24) is 15.5 Å². The lowest BCUT2D eigenvalue weighted by Gasteiger charge is -2.19. The lowest BCUT2D eigenvalue weighted by molar-refractivity contribution is 0.0710. The number of fused-ring (bicyclic) bond motifs is 1. The summed E-state index contributed by atoms with van der Waals surface area (Å²) in [7, 11) is 0. The highest BCUT2D eigenvalue weighted by Gasteiger charge is 2.25. The highest BCUT2D eigenvalue weighted by atomic mass is 16.5. The lowest BCUT2D eigenvalue weighted by atomic mass is 10.1. The zero-order valence-corrected chi connectivity index (χ0v) is 11.8. The number of benzene rings is 1. The second kappa shape index (κ2) is 5.25. The zero-order valence-electron chi connectivity index (χ0n) is 11.8. The summed E-state index contributed by atoms with van der Waals surface area (Å²) in [5.74, 6) is -0.148. The first-order chi connectivity index (χ1) is 9.65. The van der Waals surface area contributed by atoms with Crippen molar-refractivity contribution in [1.29, 1.82) is 0 Å². The van der Waals surface area contributed by atoms with Gasteiger partial charge in [0.15, 0.2) is 5.69 Å². The Bertz CT molecular complexity index is 629. The molecule has 0 spiro atoms. The van der Waals surface area contributed by atoms with Gasteiger partial charge in [0.25, 0.3) is 5.91 Å². The minimum Gasteiger partial charge on any atom is -0.376 e. The summed E-state index contributed by atoms with van der Waals surface area (Å²) in [5, 5.41) is 10.9. The molecular formula is C15H19N3O2. The Kier molecular flexibility index (Phi) is 3.44. The van der Waals surface area contributed by atoms with E-state index in [0.29, 0.717) is 5.69 Å². The number of aryl methyl sites for hydroxylation is 1. The van der Waals surface area contributed by atoms with Crippen molar-refractivity contribution < 1.29 is 9.53 Å². The van der Waals surface area contributed by atoms with Crippen molar-refractivity contribution in [3.63, 3.8) is 0 Å². The van der Waals surface area contributed by atoms with Crippen LogP contribution in [0, 0.1) is 6.92 Å². The van der Waals surface area contributed by atoms with Crippen LogP contribution in [0.3, 0.4) is 0 Å². The molecule has 2 heterocycles. The molecule has 0 bridgehead atoms. The smallest absolute Gasteiger partial charge is 0.272 e. The van der Waals surface area contributed by atoms with Crippen molar-refractivity contribution in [2.45, 2.75) is 38.8 Å². The van der Waals surface area contributed by atoms with Gasteiger partial charge in [-0.2, -0.15) is 5.10 Å². The maximum Gasteiger partial charge on any atom is 0.272 e. The zero-order chi connectivity index (χ0) is 14.1. The van der Waals surface area contributed by atoms with Crippen molar-refractivity contribution in [2.75, 3.05) is 6.61 Å². The quantitative estimate of drug-likeness (QED) is 0.900. The molecule has 5 nitrogen and oxygen atoms in total. The van der Waals surface area contributed by atoms with Crippen LogP contribution in [-0.2, 0) is 4.74 Å². The fourth-order valence-electron chi connectivity index (χ4n) is 2.67. The van der Waals surface area contributed by atoms with Crippen LogP contribution >= 0.6 is 0 Å². The molecule has 5 heteroatoms. The molecule has 1 amide bonds. The summed E-state index contributed by atoms with van der Waals surface area (Å²) < 4.78 is 5.60. The number of ether oxygens (including phenoxy) is 1. The van der Waals surface area contributed by atoms with E-state index >= 15 is 0 Å². The van der Waals surface area contributed by atoms with Crippen LogP contribution in [0.2, 0.25) is 0 Å². The molecule has 20 heavy (non-hydrogen) atoms. The van der Waals surface area contributed by atoms with E-state index in [9.17, 15) is 4.79 Å². The predicted molar refractivity (Wildman–Crippen MR) is 76.7 cm³/mol. The Hall–Kier alpha value is -1.88. The number of carbonyl (C=O) groups is 1. The molecule has 1 aliphatic heterocycles. The first-order valence-electron chi connectivity index (χ1n) is 7.02. The van der Waals surface area contributed by atoms with Crippen LogP contribution in [0.25, 0.3) is 10.9 Å². The number of amides is 1. The molecule has 2 aromatic rings. The molecule has 1 aliphatic rings. The minimum absolute atomic E-state index is 0.00144. The summed E-state index contributed by atoms with van der Waals surface area (Å²) in [6.07, 6.45) is 2.18. The second-order valence-electron chi connectivity index (χ2n) is 5.43. The minimum atomic E-state index is -0.148. The van der Waals surface area contributed by atoms with Gasteiger partial charge in [-0.05, 0) is 38.8 Å². The van der Waals surface area contributed by atoms with E-state index in [4.69, 9.17) is 4.74 Å². The number of hydrogen-bond donors (Lipinski definition) is 2. The van der Waals surface area contributed by atoms with Crippen LogP contribution < -0.4 is 5.32 Å². The van der Waals surface area contributed by atoms with E-state index in [2.05, 4.69) is 15.5 Å². The summed E-state index contributed by atoms with van der Waals surface area (Å²) in [5.41, 5.74) is 2.44. The van der Waals surface area contributed by atoms with Gasteiger partial charge in [0.2, 0.25) is 0 Å². The maximum absolute atomic E-state index is 12.3. The van der Waals surface area contributed by atoms with Crippen LogP contribution in [0.15, 0.2) is 18.2 Å². The molecule has 2 atom stereocenters. The molecule has 2 unspecified atom stereocenters. The first kappa shape index (κ1) is 13.1. The van der Waals surface area contributed by atoms with Crippen molar-refractivity contribution in [3.05, 3.63) is 29.5 Å². The Morgan fingerprint density at radius 1 is 1.55 bits per heavy atom. The predicted octanol–water partition coefficient (Wildman–Crippen LogP) is 2.17. The van der Waals surface area contributed by atoms with Gasteiger partial charge in [0.05, 0.1) is 17.7 Å². The van der Waals surface area contributed by atoms with E-state index in [0.717, 1.165) is 35.9 Å². The Labute approximate surface area is 117 Å². The molecule has 0 saturated carbocycles. The van der Waals surface area contributed by atoms with Crippen molar-refractivity contribution in [2.24, 2.45) is 0 Å². The number of H-pyrrole nitrogens is 1. The van der Waals surface area contributed by atoms with Gasteiger partial charge >= 0.3 is 0 Å². The number of rotatable bonds is 3. The average Bonchev–Trinajstić information content (AvgIpc) is 3.07. The van der Waals surface area contributed by atoms with Gasteiger partial charge in [-0.1, -0.05) is 11.6 Å². The average molecular weight is 273 g/mol. The Morgan fingerprint density at radius 2 is 2.40 bits per heavy atom. The number of nitrogens with zero attached hydrogens (tertiary/aromatic N) is 1. The van der Waals surface area contributed by atoms with Crippen LogP contribution in [-0.4, -0.2) is 34.9 Å². The van der Waals surface area contributed by atoms with Crippen LogP contribution in [0.1, 0.15) is 35.8 Å². The van der Waals surface area contributed by atoms with Crippen LogP contribution in [0.4, 0.5) is 0 Å². The van der Waals surface area contributed by atoms with Crippen LogP contribution in [0.5, 0.6) is 0 Å². The lowest BCUT2D eigenvalue weighted by Crippen LogP contribution is -2.41. The SMILES string of the molecule is Cc1ccc2[nH]nc(C(=O)NC(C)C3CCCO3)c2c1. The molecule has 3 rings (SSSR count). The Balaban J connectivity index is 1.79. The number of hydrogen-bond acceptors (Lipinski definition) is 3. The molecule has 1 aromatic heterocycles. The number of carbonyl (C=O) groups excluding carboxylic acids is 1. The van der Waals surface area contributed by atoms with Gasteiger partial charge in [-0.25, -0.2) is 0 Å². The topological polar surface area (TPSA) is 67.0 Å². The Morgan fingerprint density at radius 3 is 3.15 bits per heavy atom. The number of aromatic nitrogens is 2. The molecule has 106 valence electrons. The largest absolute Gasteiger partial charge is 0.376 e. The third-order valence-electron chi connectivity index (χ3n) is 3.81. The number of aromatic amines is 1. The monoisotopic (exact) mass is 273 g/mol. The third kappa shape index (κ3) is 2.41. The van der Waals surface area contributed by atoms with Gasteiger partial charge in [0, 0.05) is 12.0 Å². The highest BCUT2D eigenvalue weighted by Crippen LogP contribution is 2.19. The first-order valence-corrected chi connectivity index (χ1v) is 7.02. The van der Waals surface area contributed by atoms with Gasteiger partial charge < -0.3 is 10.1 Å². The summed E-state index contributed by atoms with van der Waals surface area (Å²) in [6, 6.07) is 5.92. The molecule has 1 aromatic carbocycles. The molecule has 0 aliphatic carbocycles. The van der Waals surface area contributed by atoms with E-state index in [-0.39, 0.29) is 18.1 Å². The summed E-state index contributed by atoms with van der Waals surface area (Å²) in [6.45, 7) is 4.77. The van der Waals surface area contributed by atoms with E-state index in [1.54, 1.807) is 0 Å². The van der Waals surface area contributed by atoms with E-state index in [1.165, 1.54) is 0 Å². The number of nitrogens with one attached hydrogen (secondary N) is 2. The van der Waals surface area contributed by atoms with Crippen molar-refractivity contribution >= 4 is 16.8 Å². The fraction of sp³-hybridized carbons (Fsp3) is 0.467. The van der Waals surface area contributed by atoms with Gasteiger partial charge in [-0.15, -0.1) is 0 Å². The van der Waals surface area contributed by atoms with Gasteiger partial charge in [0.1, 0.15) is 0 Å². The molecule has 0 radical (unpaired) electrons. The normalized spacial score (nSPS) is 20.2. The molecular weight excluding hydrogens is 254 g/mol. The van der Waals surface area contributed by atoms with Gasteiger partial charge in [-0.3, -0.25) is 9.89 Å². The maximum atomic E-state index is 12.3. The summed E-state index contributed by atoms with van der Waals surface area (Å²) >= 11 is 0. The van der Waals surface area contributed by atoms with E-state index < -0.39 is 0 Å². The molecule has 1 fully saturated rings. The molecule has 2 N–H and O–H groups in total. The van der Waals surface area contributed by atoms with E-state index in [1.807, 2.05) is 32.0 Å². The summed E-state index contributed by atoms with van der Waals surface area (Å²) in [4.78, 5) is 12.3. The highest BCUT2D eigenvalue weighted by molar-refractivity contribution is 6.04. The third-order valence-corrected chi connectivity index (χ3v) is 3.81.